The van der Waals surface area contributed by atoms with Crippen LogP contribution in [0, 0.1) is 0 Å². The molecule has 3 heteroatoms. The van der Waals surface area contributed by atoms with E-state index in [2.05, 4.69) is 62.7 Å². The van der Waals surface area contributed by atoms with Gasteiger partial charge in [0.15, 0.2) is 0 Å². The van der Waals surface area contributed by atoms with E-state index in [4.69, 9.17) is 0 Å². The molecule has 0 aliphatic carbocycles. The molecule has 0 N–H and O–H groups in total. The molecule has 0 aromatic rings. The maximum Gasteiger partial charge on any atom is 0.138 e. The van der Waals surface area contributed by atoms with E-state index in [0.717, 1.165) is 0 Å². The van der Waals surface area contributed by atoms with E-state index in [1.165, 1.54) is 25.7 Å². The average molecular weight is 258 g/mol. The summed E-state index contributed by atoms with van der Waals surface area (Å²) in [7, 11) is -2.36. The molecule has 0 rings (SSSR count). The first kappa shape index (κ1) is 16.0. The Morgan fingerprint density at radius 3 is 1.75 bits per heavy atom. The van der Waals surface area contributed by atoms with E-state index < -0.39 is 16.5 Å². The quantitative estimate of drug-likeness (QED) is 0.455. The molecule has 0 aromatic carbocycles. The van der Waals surface area contributed by atoms with Gasteiger partial charge in [-0.1, -0.05) is 65.1 Å². The van der Waals surface area contributed by atoms with Crippen molar-refractivity contribution in [2.75, 3.05) is 0 Å². The second kappa shape index (κ2) is 6.65. The maximum atomic E-state index is 2.73. The second-order valence-corrected chi connectivity index (χ2v) is 16.7. The summed E-state index contributed by atoms with van der Waals surface area (Å²) in [4.78, 5) is 0. The van der Waals surface area contributed by atoms with Crippen molar-refractivity contribution in [3.8, 4) is 0 Å². The van der Waals surface area contributed by atoms with Gasteiger partial charge in [-0.05, 0) is 19.0 Å². The van der Waals surface area contributed by atoms with E-state index in [1.54, 1.807) is 0 Å². The molecule has 0 aliphatic heterocycles. The van der Waals surface area contributed by atoms with Crippen LogP contribution in [0.3, 0.4) is 0 Å². The lowest BCUT2D eigenvalue weighted by atomic mass is 10.2. The van der Waals surface area contributed by atoms with Crippen LogP contribution in [0.2, 0.25) is 39.3 Å². The van der Waals surface area contributed by atoms with Crippen LogP contribution in [-0.4, -0.2) is 20.7 Å². The summed E-state index contributed by atoms with van der Waals surface area (Å²) in [6, 6.07) is 0. The zero-order valence-electron chi connectivity index (χ0n) is 12.4. The number of unbranched alkanes of at least 4 members (excludes halogenated alkanes) is 3. The summed E-state index contributed by atoms with van der Waals surface area (Å²) in [6.45, 7) is 16.9. The van der Waals surface area contributed by atoms with Crippen LogP contribution in [-0.2, 0) is 0 Å². The zero-order valence-corrected chi connectivity index (χ0v) is 14.4. The lowest BCUT2D eigenvalue weighted by Crippen LogP contribution is -2.55. The van der Waals surface area contributed by atoms with Crippen LogP contribution in [0.4, 0.5) is 0 Å². The van der Waals surface area contributed by atoms with Crippen molar-refractivity contribution in [1.82, 2.24) is 4.23 Å². The Morgan fingerprint density at radius 1 is 0.875 bits per heavy atom. The molecule has 0 radical (unpaired) electrons. The molecule has 0 heterocycles. The SMILES string of the molecule is CCCCC/C=C/N([Si](C)(C)C)[Si](C)(C)C. The normalized spacial score (nSPS) is 13.4. The number of hydrogen-bond donors (Lipinski definition) is 0. The Balaban J connectivity index is 4.35. The molecule has 0 atom stereocenters. The first-order chi connectivity index (χ1) is 7.19. The van der Waals surface area contributed by atoms with Gasteiger partial charge in [0.1, 0.15) is 16.5 Å². The van der Waals surface area contributed by atoms with Crippen molar-refractivity contribution in [2.24, 2.45) is 0 Å². The average Bonchev–Trinajstić information content (AvgIpc) is 2.06. The van der Waals surface area contributed by atoms with Crippen molar-refractivity contribution in [3.05, 3.63) is 12.3 Å². The van der Waals surface area contributed by atoms with Gasteiger partial charge in [-0.2, -0.15) is 0 Å². The summed E-state index contributed by atoms with van der Waals surface area (Å²) >= 11 is 0. The molecular formula is C13H31NSi2. The highest BCUT2D eigenvalue weighted by atomic mass is 28.4. The molecule has 96 valence electrons. The molecular weight excluding hydrogens is 226 g/mol. The summed E-state index contributed by atoms with van der Waals surface area (Å²) in [5, 5.41) is 0. The highest BCUT2D eigenvalue weighted by Gasteiger charge is 2.31. The van der Waals surface area contributed by atoms with E-state index in [0.29, 0.717) is 0 Å². The van der Waals surface area contributed by atoms with Gasteiger partial charge in [-0.15, -0.1) is 0 Å². The van der Waals surface area contributed by atoms with Crippen LogP contribution in [0.1, 0.15) is 32.6 Å². The number of hydrogen-bond acceptors (Lipinski definition) is 1. The van der Waals surface area contributed by atoms with Gasteiger partial charge in [0.2, 0.25) is 0 Å². The first-order valence-electron chi connectivity index (χ1n) is 6.65. The van der Waals surface area contributed by atoms with E-state index in [9.17, 15) is 0 Å². The van der Waals surface area contributed by atoms with Crippen molar-refractivity contribution in [2.45, 2.75) is 71.9 Å². The van der Waals surface area contributed by atoms with Gasteiger partial charge < -0.3 is 4.23 Å². The molecule has 0 spiro atoms. The number of allylic oxidation sites excluding steroid dienone is 1. The van der Waals surface area contributed by atoms with Gasteiger partial charge >= 0.3 is 0 Å². The monoisotopic (exact) mass is 257 g/mol. The smallest absolute Gasteiger partial charge is 0.138 e. The molecule has 0 unspecified atom stereocenters. The standard InChI is InChI=1S/C13H31NSi2/c1-8-9-10-11-12-13-14(15(2,3)4)16(5,6)7/h12-13H,8-11H2,1-7H3/b13-12+. The molecule has 16 heavy (non-hydrogen) atoms. The van der Waals surface area contributed by atoms with Gasteiger partial charge in [-0.3, -0.25) is 0 Å². The topological polar surface area (TPSA) is 3.24 Å². The Kier molecular flexibility index (Phi) is 6.64. The van der Waals surface area contributed by atoms with Crippen LogP contribution < -0.4 is 0 Å². The van der Waals surface area contributed by atoms with Crippen molar-refractivity contribution in [1.29, 1.82) is 0 Å². The zero-order chi connectivity index (χ0) is 12.8. The predicted octanol–water partition coefficient (Wildman–Crippen LogP) is 5.05. The maximum absolute atomic E-state index is 2.73. The summed E-state index contributed by atoms with van der Waals surface area (Å²) in [5.41, 5.74) is 0. The van der Waals surface area contributed by atoms with Gasteiger partial charge in [0.25, 0.3) is 0 Å². The van der Waals surface area contributed by atoms with Crippen molar-refractivity contribution in [3.63, 3.8) is 0 Å². The second-order valence-electron chi connectivity index (χ2n) is 6.59. The molecule has 0 fully saturated rings. The van der Waals surface area contributed by atoms with Crippen molar-refractivity contribution >= 4 is 16.5 Å². The first-order valence-corrected chi connectivity index (χ1v) is 13.5. The fraction of sp³-hybridized carbons (Fsp3) is 0.846. The van der Waals surface area contributed by atoms with E-state index in [-0.39, 0.29) is 0 Å². The molecule has 0 aromatic heterocycles. The minimum absolute atomic E-state index is 1.18. The van der Waals surface area contributed by atoms with Crippen LogP contribution in [0.15, 0.2) is 12.3 Å². The Bertz CT molecular complexity index is 197. The third kappa shape index (κ3) is 6.53. The molecule has 0 saturated heterocycles. The third-order valence-electron chi connectivity index (χ3n) is 2.67. The minimum atomic E-state index is -1.18. The molecule has 1 nitrogen and oxygen atoms in total. The fourth-order valence-electron chi connectivity index (χ4n) is 2.15. The van der Waals surface area contributed by atoms with Crippen molar-refractivity contribution < 1.29 is 0 Å². The Morgan fingerprint density at radius 2 is 1.38 bits per heavy atom. The van der Waals surface area contributed by atoms with Crippen LogP contribution in [0.25, 0.3) is 0 Å². The molecule has 0 amide bonds. The Hall–Kier alpha value is -0.0262. The molecule has 0 bridgehead atoms. The highest BCUT2D eigenvalue weighted by Crippen LogP contribution is 2.20. The lowest BCUT2D eigenvalue weighted by Gasteiger charge is -2.43. The van der Waals surface area contributed by atoms with E-state index in [1.807, 2.05) is 0 Å². The van der Waals surface area contributed by atoms with Crippen LogP contribution in [0.5, 0.6) is 0 Å². The predicted molar refractivity (Wildman–Crippen MR) is 81.8 cm³/mol. The molecule has 0 aliphatic rings. The highest BCUT2D eigenvalue weighted by molar-refractivity contribution is 6.89. The van der Waals surface area contributed by atoms with E-state index >= 15 is 0 Å². The number of rotatable bonds is 7. The number of nitrogens with zero attached hydrogens (tertiary/aromatic N) is 1. The summed E-state index contributed by atoms with van der Waals surface area (Å²) in [5.74, 6) is 0. The summed E-state index contributed by atoms with van der Waals surface area (Å²) < 4.78 is 2.73. The van der Waals surface area contributed by atoms with Gasteiger partial charge in [0, 0.05) is 0 Å². The fourth-order valence-corrected chi connectivity index (χ4v) is 11.3. The third-order valence-corrected chi connectivity index (χ3v) is 9.89. The molecule has 0 saturated carbocycles. The Labute approximate surface area is 105 Å². The minimum Gasteiger partial charge on any atom is -0.431 e. The summed E-state index contributed by atoms with van der Waals surface area (Å²) in [6.07, 6.45) is 10.1. The largest absolute Gasteiger partial charge is 0.431 e. The van der Waals surface area contributed by atoms with Gasteiger partial charge in [-0.25, -0.2) is 0 Å². The van der Waals surface area contributed by atoms with Crippen LogP contribution >= 0.6 is 0 Å². The van der Waals surface area contributed by atoms with Gasteiger partial charge in [0.05, 0.1) is 0 Å². The lowest BCUT2D eigenvalue weighted by molar-refractivity contribution is 0.722.